The fraction of sp³-hybridized carbons (Fsp3) is 0.0909. The van der Waals surface area contributed by atoms with Crippen LogP contribution in [-0.4, -0.2) is 19.1 Å². The molecular formula is C22H16ClN5O. The van der Waals surface area contributed by atoms with Gasteiger partial charge < -0.3 is 4.57 Å². The van der Waals surface area contributed by atoms with Gasteiger partial charge in [0.15, 0.2) is 0 Å². The summed E-state index contributed by atoms with van der Waals surface area (Å²) in [6, 6.07) is 18.2. The quantitative estimate of drug-likeness (QED) is 0.479. The largest absolute Gasteiger partial charge is 0.330 e. The van der Waals surface area contributed by atoms with Gasteiger partial charge in [-0.1, -0.05) is 29.8 Å². The summed E-state index contributed by atoms with van der Waals surface area (Å²) in [5, 5.41) is 9.25. The first-order valence-corrected chi connectivity index (χ1v) is 9.34. The summed E-state index contributed by atoms with van der Waals surface area (Å²) in [5.74, 6) is 1.37. The number of nitrogens with zero attached hydrogens (tertiary/aromatic N) is 5. The lowest BCUT2D eigenvalue weighted by Gasteiger charge is -2.10. The van der Waals surface area contributed by atoms with Gasteiger partial charge in [-0.2, -0.15) is 5.26 Å². The molecule has 29 heavy (non-hydrogen) atoms. The van der Waals surface area contributed by atoms with Gasteiger partial charge in [0.05, 0.1) is 11.6 Å². The van der Waals surface area contributed by atoms with Gasteiger partial charge in [0.25, 0.3) is 5.56 Å². The molecule has 4 rings (SSSR count). The van der Waals surface area contributed by atoms with Crippen molar-refractivity contribution in [1.29, 1.82) is 5.26 Å². The number of nitriles is 1. The van der Waals surface area contributed by atoms with Crippen LogP contribution in [0.5, 0.6) is 0 Å². The van der Waals surface area contributed by atoms with Gasteiger partial charge in [-0.05, 0) is 41.5 Å². The van der Waals surface area contributed by atoms with Crippen LogP contribution >= 0.6 is 11.6 Å². The van der Waals surface area contributed by atoms with Crippen molar-refractivity contribution in [3.05, 3.63) is 111 Å². The summed E-state index contributed by atoms with van der Waals surface area (Å²) >= 11 is 5.92. The highest BCUT2D eigenvalue weighted by molar-refractivity contribution is 6.29. The number of pyridine rings is 2. The van der Waals surface area contributed by atoms with Crippen LogP contribution in [0.15, 0.2) is 78.0 Å². The maximum Gasteiger partial charge on any atom is 0.256 e. The Hall–Kier alpha value is -3.69. The van der Waals surface area contributed by atoms with E-state index in [4.69, 9.17) is 16.9 Å². The van der Waals surface area contributed by atoms with Crippen molar-refractivity contribution < 1.29 is 0 Å². The summed E-state index contributed by atoms with van der Waals surface area (Å²) in [5.41, 5.74) is 2.39. The topological polar surface area (TPSA) is 76.5 Å². The number of rotatable bonds is 5. The van der Waals surface area contributed by atoms with E-state index >= 15 is 0 Å². The Morgan fingerprint density at radius 1 is 1.03 bits per heavy atom. The standard InChI is InChI=1S/C22H16ClN5O/c23-19-2-1-3-20(26-19)28-10-8-18(13-22(28)29)15-27-11-9-25-21(27)12-16-4-6-17(14-24)7-5-16/h1-11,13H,12,15H2. The van der Waals surface area contributed by atoms with Crippen molar-refractivity contribution >= 4 is 11.6 Å². The molecule has 0 bridgehead atoms. The number of halogens is 1. The number of hydrogen-bond acceptors (Lipinski definition) is 4. The van der Waals surface area contributed by atoms with Crippen molar-refractivity contribution in [3.8, 4) is 11.9 Å². The predicted octanol–water partition coefficient (Wildman–Crippen LogP) is 3.59. The minimum Gasteiger partial charge on any atom is -0.330 e. The molecule has 0 atom stereocenters. The van der Waals surface area contributed by atoms with Crippen molar-refractivity contribution in [2.24, 2.45) is 0 Å². The van der Waals surface area contributed by atoms with E-state index in [0.29, 0.717) is 29.5 Å². The highest BCUT2D eigenvalue weighted by atomic mass is 35.5. The molecule has 3 heterocycles. The first-order valence-electron chi connectivity index (χ1n) is 8.96. The molecule has 0 amide bonds. The normalized spacial score (nSPS) is 10.6. The monoisotopic (exact) mass is 401 g/mol. The smallest absolute Gasteiger partial charge is 0.256 e. The van der Waals surface area contributed by atoms with Crippen molar-refractivity contribution in [2.45, 2.75) is 13.0 Å². The van der Waals surface area contributed by atoms with E-state index in [2.05, 4.69) is 16.0 Å². The van der Waals surface area contributed by atoms with Crippen LogP contribution in [0.3, 0.4) is 0 Å². The molecule has 0 radical (unpaired) electrons. The molecule has 0 fully saturated rings. The van der Waals surface area contributed by atoms with Gasteiger partial charge in [-0.3, -0.25) is 9.36 Å². The molecule has 0 aliphatic carbocycles. The van der Waals surface area contributed by atoms with Crippen LogP contribution in [0.4, 0.5) is 0 Å². The molecule has 0 spiro atoms. The lowest BCUT2D eigenvalue weighted by Crippen LogP contribution is -2.19. The number of aromatic nitrogens is 4. The third kappa shape index (κ3) is 4.26. The first kappa shape index (κ1) is 18.7. The summed E-state index contributed by atoms with van der Waals surface area (Å²) in [6.07, 6.45) is 5.98. The minimum atomic E-state index is -0.175. The van der Waals surface area contributed by atoms with Crippen LogP contribution in [0, 0.1) is 11.3 Å². The van der Waals surface area contributed by atoms with Gasteiger partial charge in [-0.25, -0.2) is 9.97 Å². The minimum absolute atomic E-state index is 0.175. The second-order valence-corrected chi connectivity index (χ2v) is 6.91. The summed E-state index contributed by atoms with van der Waals surface area (Å²) in [6.45, 7) is 0.532. The molecule has 0 saturated heterocycles. The Labute approximate surface area is 172 Å². The van der Waals surface area contributed by atoms with Crippen LogP contribution in [-0.2, 0) is 13.0 Å². The van der Waals surface area contributed by atoms with Crippen molar-refractivity contribution in [3.63, 3.8) is 0 Å². The van der Waals surface area contributed by atoms with E-state index in [1.807, 2.05) is 29.0 Å². The average Bonchev–Trinajstić information content (AvgIpc) is 3.15. The van der Waals surface area contributed by atoms with E-state index in [9.17, 15) is 4.79 Å². The van der Waals surface area contributed by atoms with Gasteiger partial charge >= 0.3 is 0 Å². The molecule has 142 valence electrons. The molecule has 4 aromatic rings. The lowest BCUT2D eigenvalue weighted by atomic mass is 10.1. The third-order valence-electron chi connectivity index (χ3n) is 4.53. The molecular weight excluding hydrogens is 386 g/mol. The Morgan fingerprint density at radius 3 is 2.59 bits per heavy atom. The van der Waals surface area contributed by atoms with E-state index in [1.54, 1.807) is 48.8 Å². The van der Waals surface area contributed by atoms with Crippen molar-refractivity contribution in [1.82, 2.24) is 19.1 Å². The molecule has 0 aliphatic rings. The maximum absolute atomic E-state index is 12.5. The fourth-order valence-corrected chi connectivity index (χ4v) is 3.23. The highest BCUT2D eigenvalue weighted by Crippen LogP contribution is 2.12. The number of imidazole rings is 1. The van der Waals surface area contributed by atoms with Crippen molar-refractivity contribution in [2.75, 3.05) is 0 Å². The van der Waals surface area contributed by atoms with Crippen LogP contribution in [0.2, 0.25) is 5.15 Å². The zero-order chi connectivity index (χ0) is 20.2. The van der Waals surface area contributed by atoms with Gasteiger partial charge in [0.1, 0.15) is 16.8 Å². The van der Waals surface area contributed by atoms with E-state index in [-0.39, 0.29) is 5.56 Å². The predicted molar refractivity (Wildman–Crippen MR) is 110 cm³/mol. The molecule has 0 unspecified atom stereocenters. The van der Waals surface area contributed by atoms with Gasteiger partial charge in [0, 0.05) is 37.6 Å². The number of hydrogen-bond donors (Lipinski definition) is 0. The van der Waals surface area contributed by atoms with E-state index < -0.39 is 0 Å². The average molecular weight is 402 g/mol. The van der Waals surface area contributed by atoms with Gasteiger partial charge in [0.2, 0.25) is 0 Å². The van der Waals surface area contributed by atoms with Gasteiger partial charge in [-0.15, -0.1) is 0 Å². The number of benzene rings is 1. The van der Waals surface area contributed by atoms with Crippen LogP contribution in [0.1, 0.15) is 22.5 Å². The summed E-state index contributed by atoms with van der Waals surface area (Å²) in [4.78, 5) is 21.2. The summed E-state index contributed by atoms with van der Waals surface area (Å²) in [7, 11) is 0. The second-order valence-electron chi connectivity index (χ2n) is 6.52. The molecule has 0 N–H and O–H groups in total. The second kappa shape index (κ2) is 8.13. The highest BCUT2D eigenvalue weighted by Gasteiger charge is 2.08. The van der Waals surface area contributed by atoms with Crippen LogP contribution in [0.25, 0.3) is 5.82 Å². The molecule has 1 aromatic carbocycles. The van der Waals surface area contributed by atoms with E-state index in [0.717, 1.165) is 17.0 Å². The zero-order valence-electron chi connectivity index (χ0n) is 15.4. The molecule has 3 aromatic heterocycles. The molecule has 6 nitrogen and oxygen atoms in total. The lowest BCUT2D eigenvalue weighted by molar-refractivity contribution is 0.736. The third-order valence-corrected chi connectivity index (χ3v) is 4.74. The maximum atomic E-state index is 12.5. The molecule has 7 heteroatoms. The Morgan fingerprint density at radius 2 is 1.86 bits per heavy atom. The Kier molecular flexibility index (Phi) is 5.23. The Bertz CT molecular complexity index is 1250. The first-order chi connectivity index (χ1) is 14.1. The fourth-order valence-electron chi connectivity index (χ4n) is 3.07. The SMILES string of the molecule is N#Cc1ccc(Cc2nccn2Cc2ccn(-c3cccc(Cl)n3)c(=O)c2)cc1. The Balaban J connectivity index is 1.54. The molecule has 0 saturated carbocycles. The zero-order valence-corrected chi connectivity index (χ0v) is 16.1. The van der Waals surface area contributed by atoms with Crippen LogP contribution < -0.4 is 5.56 Å². The summed E-state index contributed by atoms with van der Waals surface area (Å²) < 4.78 is 3.47. The van der Waals surface area contributed by atoms with E-state index in [1.165, 1.54) is 4.57 Å². The molecule has 0 aliphatic heterocycles.